The van der Waals surface area contributed by atoms with Crippen LogP contribution < -0.4 is 10.2 Å². The molecular weight excluding hydrogens is 380 g/mol. The summed E-state index contributed by atoms with van der Waals surface area (Å²) in [5.74, 6) is 0.836. The predicted molar refractivity (Wildman–Crippen MR) is 101 cm³/mol. The molecule has 1 heterocycles. The monoisotopic (exact) mass is 398 g/mol. The molecule has 2 aromatic rings. The van der Waals surface area contributed by atoms with Crippen LogP contribution in [-0.2, 0) is 11.2 Å². The van der Waals surface area contributed by atoms with Gasteiger partial charge < -0.3 is 4.74 Å². The molecule has 1 amide bonds. The van der Waals surface area contributed by atoms with Gasteiger partial charge in [-0.3, -0.25) is 10.2 Å². The second-order valence-corrected chi connectivity index (χ2v) is 7.29. The number of carbonyl (C=O) groups excluding carboxylic acids is 1. The summed E-state index contributed by atoms with van der Waals surface area (Å²) >= 11 is 3.48. The van der Waals surface area contributed by atoms with Gasteiger partial charge in [-0.15, -0.1) is 0 Å². The third-order valence-corrected chi connectivity index (χ3v) is 5.45. The van der Waals surface area contributed by atoms with E-state index in [2.05, 4.69) is 45.6 Å². The van der Waals surface area contributed by atoms with Gasteiger partial charge in [0.05, 0.1) is 12.8 Å². The summed E-state index contributed by atoms with van der Waals surface area (Å²) < 4.78 is 6.42. The maximum absolute atomic E-state index is 12.3. The number of halogens is 1. The zero-order valence-corrected chi connectivity index (χ0v) is 15.8. The smallest absolute Gasteiger partial charge is 0.238 e. The minimum atomic E-state index is -0.0695. The first kappa shape index (κ1) is 16.2. The summed E-state index contributed by atoms with van der Waals surface area (Å²) in [6.07, 6.45) is 1.91. The Morgan fingerprint density at radius 1 is 1.20 bits per heavy atom. The molecule has 0 aromatic heterocycles. The van der Waals surface area contributed by atoms with Gasteiger partial charge in [0, 0.05) is 17.0 Å². The van der Waals surface area contributed by atoms with E-state index in [1.165, 1.54) is 11.1 Å². The van der Waals surface area contributed by atoms with Gasteiger partial charge in [0.2, 0.25) is 5.91 Å². The molecule has 0 fully saturated rings. The quantitative estimate of drug-likeness (QED) is 0.822. The molecule has 0 spiro atoms. The predicted octanol–water partition coefficient (Wildman–Crippen LogP) is 4.22. The molecule has 0 bridgehead atoms. The fourth-order valence-electron chi connectivity index (χ4n) is 3.70. The van der Waals surface area contributed by atoms with E-state index in [0.717, 1.165) is 39.9 Å². The number of amides is 1. The van der Waals surface area contributed by atoms with Gasteiger partial charge >= 0.3 is 0 Å². The Kier molecular flexibility index (Phi) is 4.04. The molecule has 2 aliphatic rings. The van der Waals surface area contributed by atoms with E-state index in [9.17, 15) is 4.79 Å². The number of aryl methyl sites for hydroxylation is 1. The highest BCUT2D eigenvalue weighted by atomic mass is 79.9. The van der Waals surface area contributed by atoms with Crippen molar-refractivity contribution in [3.63, 3.8) is 0 Å². The Balaban J connectivity index is 1.84. The van der Waals surface area contributed by atoms with Gasteiger partial charge in [-0.1, -0.05) is 34.1 Å². The van der Waals surface area contributed by atoms with Crippen molar-refractivity contribution >= 4 is 27.5 Å². The molecule has 1 N–H and O–H groups in total. The van der Waals surface area contributed by atoms with Crippen LogP contribution in [0.4, 0.5) is 0 Å². The van der Waals surface area contributed by atoms with Crippen molar-refractivity contribution < 1.29 is 9.53 Å². The van der Waals surface area contributed by atoms with Crippen molar-refractivity contribution in [3.8, 4) is 5.75 Å². The van der Waals surface area contributed by atoms with Crippen LogP contribution in [-0.4, -0.2) is 18.0 Å². The highest BCUT2D eigenvalue weighted by Crippen LogP contribution is 2.44. The topological polar surface area (TPSA) is 41.6 Å². The van der Waals surface area contributed by atoms with Gasteiger partial charge in [-0.25, -0.2) is 5.01 Å². The largest absolute Gasteiger partial charge is 0.497 e. The molecule has 5 heteroatoms. The standard InChI is InChI=1S/C20H19BrN2O2/c1-12(24)23-20(14-3-7-15(21)8-4-14)17-10-6-13-5-9-16(25-2)11-18(13)19(17)22-23/h3-5,7-9,11,20,22H,6,10H2,1-2H3. The number of hydrazine groups is 1. The number of fused-ring (bicyclic) bond motifs is 2. The summed E-state index contributed by atoms with van der Waals surface area (Å²) in [6.45, 7) is 1.60. The van der Waals surface area contributed by atoms with Gasteiger partial charge in [0.15, 0.2) is 0 Å². The van der Waals surface area contributed by atoms with Gasteiger partial charge in [0.25, 0.3) is 0 Å². The summed E-state index contributed by atoms with van der Waals surface area (Å²) in [7, 11) is 1.68. The van der Waals surface area contributed by atoms with Crippen LogP contribution in [0.1, 0.15) is 36.1 Å². The number of hydrogen-bond donors (Lipinski definition) is 1. The van der Waals surface area contributed by atoms with Crippen LogP contribution in [0.3, 0.4) is 0 Å². The second-order valence-electron chi connectivity index (χ2n) is 6.38. The summed E-state index contributed by atoms with van der Waals surface area (Å²) in [4.78, 5) is 12.3. The lowest BCUT2D eigenvalue weighted by molar-refractivity contribution is -0.132. The SMILES string of the molecule is COc1ccc2c(c1)C1=C(CC2)C(c2ccc(Br)cc2)N(C(C)=O)N1. The molecule has 1 aliphatic carbocycles. The highest BCUT2D eigenvalue weighted by molar-refractivity contribution is 9.10. The number of methoxy groups -OCH3 is 1. The Bertz CT molecular complexity index is 874. The number of rotatable bonds is 2. The van der Waals surface area contributed by atoms with Crippen LogP contribution in [0.5, 0.6) is 5.75 Å². The summed E-state index contributed by atoms with van der Waals surface area (Å²) in [6, 6.07) is 14.3. The summed E-state index contributed by atoms with van der Waals surface area (Å²) in [5, 5.41) is 1.74. The molecule has 25 heavy (non-hydrogen) atoms. The van der Waals surface area contributed by atoms with Crippen LogP contribution in [0.2, 0.25) is 0 Å². The van der Waals surface area contributed by atoms with Crippen LogP contribution >= 0.6 is 15.9 Å². The molecule has 0 saturated carbocycles. The molecule has 128 valence electrons. The maximum Gasteiger partial charge on any atom is 0.238 e. The van der Waals surface area contributed by atoms with E-state index in [1.54, 1.807) is 19.0 Å². The Labute approximate surface area is 155 Å². The van der Waals surface area contributed by atoms with E-state index >= 15 is 0 Å². The van der Waals surface area contributed by atoms with Gasteiger partial charge in [-0.2, -0.15) is 0 Å². The number of nitrogens with zero attached hydrogens (tertiary/aromatic N) is 1. The lowest BCUT2D eigenvalue weighted by Gasteiger charge is -2.25. The van der Waals surface area contributed by atoms with Gasteiger partial charge in [-0.05, 0) is 53.8 Å². The van der Waals surface area contributed by atoms with Gasteiger partial charge in [0.1, 0.15) is 11.8 Å². The lowest BCUT2D eigenvalue weighted by atomic mass is 9.85. The van der Waals surface area contributed by atoms with Crippen molar-refractivity contribution in [1.82, 2.24) is 10.4 Å². The molecule has 1 unspecified atom stereocenters. The van der Waals surface area contributed by atoms with Crippen molar-refractivity contribution in [2.75, 3.05) is 7.11 Å². The fourth-order valence-corrected chi connectivity index (χ4v) is 3.97. The van der Waals surface area contributed by atoms with Crippen LogP contribution in [0, 0.1) is 0 Å². The Hall–Kier alpha value is -2.27. The zero-order chi connectivity index (χ0) is 17.6. The first-order valence-corrected chi connectivity index (χ1v) is 9.10. The molecule has 0 saturated heterocycles. The fraction of sp³-hybridized carbons (Fsp3) is 0.250. The van der Waals surface area contributed by atoms with Crippen LogP contribution in [0.25, 0.3) is 5.70 Å². The second kappa shape index (κ2) is 6.23. The Morgan fingerprint density at radius 3 is 2.64 bits per heavy atom. The normalized spacial score (nSPS) is 18.5. The van der Waals surface area contributed by atoms with Crippen molar-refractivity contribution in [1.29, 1.82) is 0 Å². The van der Waals surface area contributed by atoms with Crippen LogP contribution in [0.15, 0.2) is 52.5 Å². The zero-order valence-electron chi connectivity index (χ0n) is 14.2. The molecule has 2 aromatic carbocycles. The Morgan fingerprint density at radius 2 is 1.96 bits per heavy atom. The molecular formula is C20H19BrN2O2. The maximum atomic E-state index is 12.3. The third-order valence-electron chi connectivity index (χ3n) is 4.92. The van der Waals surface area contributed by atoms with E-state index < -0.39 is 0 Å². The van der Waals surface area contributed by atoms with E-state index in [1.807, 2.05) is 18.2 Å². The molecule has 0 radical (unpaired) electrons. The van der Waals surface area contributed by atoms with Crippen molar-refractivity contribution in [3.05, 3.63) is 69.2 Å². The first-order valence-electron chi connectivity index (χ1n) is 8.30. The average molecular weight is 399 g/mol. The molecule has 4 nitrogen and oxygen atoms in total. The van der Waals surface area contributed by atoms with E-state index in [0.29, 0.717) is 0 Å². The molecule has 1 aliphatic heterocycles. The number of nitrogens with one attached hydrogen (secondary N) is 1. The van der Waals surface area contributed by atoms with Crippen molar-refractivity contribution in [2.45, 2.75) is 25.8 Å². The molecule has 1 atom stereocenters. The average Bonchev–Trinajstić information content (AvgIpc) is 3.02. The van der Waals surface area contributed by atoms with Crippen molar-refractivity contribution in [2.24, 2.45) is 0 Å². The third kappa shape index (κ3) is 2.72. The number of carbonyl (C=O) groups is 1. The number of hydrogen-bond acceptors (Lipinski definition) is 3. The number of ether oxygens (including phenoxy) is 1. The minimum absolute atomic E-state index is 0.00626. The summed E-state index contributed by atoms with van der Waals surface area (Å²) in [5.41, 5.74) is 9.19. The minimum Gasteiger partial charge on any atom is -0.497 e. The lowest BCUT2D eigenvalue weighted by Crippen LogP contribution is -2.38. The number of benzene rings is 2. The highest BCUT2D eigenvalue weighted by Gasteiger charge is 2.38. The van der Waals surface area contributed by atoms with E-state index in [4.69, 9.17) is 4.74 Å². The first-order chi connectivity index (χ1) is 12.1. The molecule has 4 rings (SSSR count). The van der Waals surface area contributed by atoms with E-state index in [-0.39, 0.29) is 11.9 Å².